The molecule has 1 aliphatic heterocycles. The van der Waals surface area contributed by atoms with E-state index in [-0.39, 0.29) is 32.6 Å². The summed E-state index contributed by atoms with van der Waals surface area (Å²) in [7, 11) is -2.77. The van der Waals surface area contributed by atoms with E-state index in [2.05, 4.69) is 72.5 Å². The Morgan fingerprint density at radius 1 is 0.853 bits per heavy atom. The van der Waals surface area contributed by atoms with Gasteiger partial charge in [-0.3, -0.25) is 4.79 Å². The van der Waals surface area contributed by atoms with E-state index in [1.54, 1.807) is 0 Å². The third-order valence-corrected chi connectivity index (χ3v) is 21.0. The van der Waals surface area contributed by atoms with Gasteiger partial charge in [0.2, 0.25) is 5.52 Å². The molecule has 0 N–H and O–H groups in total. The summed E-state index contributed by atoms with van der Waals surface area (Å²) in [5.41, 5.74) is 0.855. The van der Waals surface area contributed by atoms with Gasteiger partial charge in [-0.1, -0.05) is 39.3 Å². The Kier molecular flexibility index (Phi) is 34.1. The molecule has 1 aliphatic rings. The van der Waals surface area contributed by atoms with Crippen molar-refractivity contribution in [3.63, 3.8) is 0 Å². The fourth-order valence-electron chi connectivity index (χ4n) is 3.81. The Morgan fingerprint density at radius 3 is 1.35 bits per heavy atom. The van der Waals surface area contributed by atoms with Gasteiger partial charge in [-0.25, -0.2) is 4.79 Å². The molecule has 0 spiro atoms. The molecule has 0 radical (unpaired) electrons. The van der Waals surface area contributed by atoms with E-state index in [0.717, 1.165) is 13.1 Å². The molecule has 9 nitrogen and oxygen atoms in total. The Labute approximate surface area is 221 Å². The SMILES string of the molecule is CCN(CC)C1=C(C(=O)OC)P(C([Si](C)(C)C)[Si](C)(C)C)C1=O.[C-]#[O+].[C-]#[O+].[C-]#[O+].[C-]#[O+].[C-]#[O+].[W]. The van der Waals surface area contributed by atoms with E-state index >= 15 is 0 Å². The molecule has 1 atom stereocenters. The quantitative estimate of drug-likeness (QED) is 0.131. The van der Waals surface area contributed by atoms with Crippen LogP contribution in [-0.2, 0) is 58.7 Å². The monoisotopic (exact) mass is 697 g/mol. The van der Waals surface area contributed by atoms with Crippen LogP contribution in [0.15, 0.2) is 11.0 Å². The standard InChI is InChI=1S/C16H32NO3PSi2.5CO.W/c1-10-17(11-2)12-13(14(18)20-3)21(15(12)19)16(22(4,5)6)23(7,8)9;5*1-2;/h16H,10-11H2,1-9H3;;;;;;. The predicted octanol–water partition coefficient (Wildman–Crippen LogP) is 3.67. The van der Waals surface area contributed by atoms with Gasteiger partial charge in [0.1, 0.15) is 5.70 Å². The summed E-state index contributed by atoms with van der Waals surface area (Å²) in [5.74, 6) is -0.292. The van der Waals surface area contributed by atoms with E-state index < -0.39 is 24.1 Å². The second-order valence-electron chi connectivity index (χ2n) is 8.17. The topological polar surface area (TPSA) is 146 Å². The van der Waals surface area contributed by atoms with Crippen molar-refractivity contribution in [1.82, 2.24) is 4.90 Å². The first-order valence-electron chi connectivity index (χ1n) is 9.34. The zero-order chi connectivity index (χ0) is 28.2. The number of likely N-dealkylation sites (N-methyl/N-ethyl adjacent to an activating group) is 1. The van der Waals surface area contributed by atoms with Gasteiger partial charge in [-0.15, -0.1) is 0 Å². The molecule has 0 aromatic heterocycles. The van der Waals surface area contributed by atoms with Gasteiger partial charge in [0.25, 0.3) is 0 Å². The second-order valence-corrected chi connectivity index (χ2v) is 22.4. The number of esters is 1. The van der Waals surface area contributed by atoms with Crippen molar-refractivity contribution >= 4 is 35.6 Å². The first-order valence-corrected chi connectivity index (χ1v) is 17.9. The van der Waals surface area contributed by atoms with Gasteiger partial charge < -0.3 is 9.64 Å². The van der Waals surface area contributed by atoms with Crippen molar-refractivity contribution in [2.45, 2.75) is 58.0 Å². The maximum atomic E-state index is 13.1. The van der Waals surface area contributed by atoms with E-state index in [1.807, 2.05) is 18.7 Å². The molecule has 0 fully saturated rings. The van der Waals surface area contributed by atoms with Crippen LogP contribution < -0.4 is 0 Å². The third-order valence-electron chi connectivity index (χ3n) is 4.24. The van der Waals surface area contributed by atoms with Crippen molar-refractivity contribution in [1.29, 1.82) is 0 Å². The molecule has 0 aromatic rings. The largest absolute Gasteiger partial charge is 0 e. The van der Waals surface area contributed by atoms with Crippen molar-refractivity contribution in [2.24, 2.45) is 0 Å². The number of nitrogens with zero attached hydrogens (tertiary/aromatic N) is 1. The van der Waals surface area contributed by atoms with Crippen LogP contribution in [0.25, 0.3) is 0 Å². The maximum absolute atomic E-state index is 13.1. The molecule has 0 aromatic carbocycles. The van der Waals surface area contributed by atoms with Crippen molar-refractivity contribution in [3.05, 3.63) is 44.3 Å². The van der Waals surface area contributed by atoms with Crippen LogP contribution in [0.4, 0.5) is 0 Å². The number of carbonyl (C=O) groups is 2. The fourth-order valence-corrected chi connectivity index (χ4v) is 23.7. The summed E-state index contributed by atoms with van der Waals surface area (Å²) < 4.78 is 42.5. The van der Waals surface area contributed by atoms with Crippen LogP contribution in [0.3, 0.4) is 0 Å². The first-order chi connectivity index (χ1) is 15.4. The summed E-state index contributed by atoms with van der Waals surface area (Å²) in [5, 5.41) is 0.700. The molecule has 34 heavy (non-hydrogen) atoms. The maximum Gasteiger partial charge on any atom is 0 e. The molecule has 0 aliphatic carbocycles. The normalized spacial score (nSPS) is 13.2. The average molecular weight is 697 g/mol. The number of hydrogen-bond donors (Lipinski definition) is 0. The summed E-state index contributed by atoms with van der Waals surface area (Å²) in [6.07, 6.45) is 0. The van der Waals surface area contributed by atoms with E-state index in [9.17, 15) is 9.59 Å². The Bertz CT molecular complexity index is 681. The molecule has 0 bridgehead atoms. The van der Waals surface area contributed by atoms with Gasteiger partial charge in [-0.2, -0.15) is 0 Å². The molecule has 0 saturated heterocycles. The van der Waals surface area contributed by atoms with Crippen LogP contribution >= 0.6 is 7.92 Å². The first kappa shape index (κ1) is 46.3. The Balaban J connectivity index is -0.000000157. The number of rotatable bonds is 7. The molecule has 0 amide bonds. The minimum absolute atomic E-state index is 0. The molecular formula is C21H32NO8PSi2W. The summed E-state index contributed by atoms with van der Waals surface area (Å²) >= 11 is 0. The molecule has 1 rings (SSSR count). The number of hydrogen-bond acceptors (Lipinski definition) is 4. The summed E-state index contributed by atoms with van der Waals surface area (Å²) in [6.45, 7) is 42.0. The van der Waals surface area contributed by atoms with E-state index in [4.69, 9.17) is 28.0 Å². The molecule has 13 heteroatoms. The molecule has 1 unspecified atom stereocenters. The van der Waals surface area contributed by atoms with Gasteiger partial charge in [-0.05, 0) is 18.8 Å². The predicted molar refractivity (Wildman–Crippen MR) is 124 cm³/mol. The minimum atomic E-state index is -1.57. The summed E-state index contributed by atoms with van der Waals surface area (Å²) in [4.78, 5) is 27.9. The fraction of sp³-hybridized carbons (Fsp3) is 0.571. The average Bonchev–Trinajstić information content (AvgIpc) is 2.82. The molecule has 188 valence electrons. The van der Waals surface area contributed by atoms with Crippen LogP contribution in [-0.4, -0.2) is 57.6 Å². The third kappa shape index (κ3) is 13.7. The van der Waals surface area contributed by atoms with Crippen LogP contribution in [0, 0.1) is 33.3 Å². The van der Waals surface area contributed by atoms with Crippen LogP contribution in [0.5, 0.6) is 0 Å². The zero-order valence-electron chi connectivity index (χ0n) is 21.1. The van der Waals surface area contributed by atoms with Gasteiger partial charge in [0, 0.05) is 42.1 Å². The second kappa shape index (κ2) is 25.0. The van der Waals surface area contributed by atoms with Crippen molar-refractivity contribution < 1.29 is 58.7 Å². The minimum Gasteiger partial charge on any atom is 0 e. The number of carbonyl (C=O) groups excluding carboxylic acids is 2. The van der Waals surface area contributed by atoms with E-state index in [1.165, 1.54) is 7.11 Å². The van der Waals surface area contributed by atoms with E-state index in [0.29, 0.717) is 15.9 Å². The number of methoxy groups -OCH3 is 1. The number of allylic oxidation sites excluding steroid dienone is 1. The van der Waals surface area contributed by atoms with Crippen LogP contribution in [0.1, 0.15) is 13.8 Å². The summed E-state index contributed by atoms with van der Waals surface area (Å²) in [6, 6.07) is 0. The molecular weight excluding hydrogens is 665 g/mol. The smallest absolute Gasteiger partial charge is 0 e. The van der Waals surface area contributed by atoms with Crippen LogP contribution in [0.2, 0.25) is 39.3 Å². The van der Waals surface area contributed by atoms with Gasteiger partial charge in [0.15, 0.2) is 0 Å². The Hall–Kier alpha value is -1.07. The Morgan fingerprint density at radius 2 is 1.15 bits per heavy atom. The van der Waals surface area contributed by atoms with Crippen molar-refractivity contribution in [2.75, 3.05) is 20.2 Å². The van der Waals surface area contributed by atoms with Gasteiger partial charge in [0.05, 0.1) is 28.6 Å². The van der Waals surface area contributed by atoms with Gasteiger partial charge >= 0.3 is 62.5 Å². The number of ether oxygens (including phenoxy) is 1. The molecule has 1 heterocycles. The zero-order valence-corrected chi connectivity index (χ0v) is 26.9. The molecule has 0 saturated carbocycles. The van der Waals surface area contributed by atoms with Crippen molar-refractivity contribution in [3.8, 4) is 0 Å².